The van der Waals surface area contributed by atoms with Crippen LogP contribution >= 0.6 is 0 Å². The molecule has 1 aliphatic carbocycles. The van der Waals surface area contributed by atoms with Gasteiger partial charge in [-0.25, -0.2) is 9.37 Å². The average molecular weight is 282 g/mol. The van der Waals surface area contributed by atoms with Crippen LogP contribution in [0.5, 0.6) is 5.88 Å². The van der Waals surface area contributed by atoms with Crippen LogP contribution in [0.15, 0.2) is 12.3 Å². The molecule has 0 bridgehead atoms. The van der Waals surface area contributed by atoms with E-state index in [1.165, 1.54) is 12.8 Å². The van der Waals surface area contributed by atoms with Gasteiger partial charge in [0.05, 0.1) is 6.61 Å². The first-order valence-corrected chi connectivity index (χ1v) is 7.24. The highest BCUT2D eigenvalue weighted by atomic mass is 19.1. The number of rotatable bonds is 9. The lowest BCUT2D eigenvalue weighted by Gasteiger charge is -2.10. The zero-order valence-corrected chi connectivity index (χ0v) is 12.2. The summed E-state index contributed by atoms with van der Waals surface area (Å²) < 4.78 is 24.8. The van der Waals surface area contributed by atoms with Crippen LogP contribution in [0.1, 0.15) is 32.3 Å². The Morgan fingerprint density at radius 3 is 2.90 bits per heavy atom. The number of hydrogen-bond acceptors (Lipinski definition) is 4. The summed E-state index contributed by atoms with van der Waals surface area (Å²) in [5.41, 5.74) is 0.602. The number of nitrogens with one attached hydrogen (secondary N) is 1. The highest BCUT2D eigenvalue weighted by Crippen LogP contribution is 2.21. The third kappa shape index (κ3) is 5.06. The van der Waals surface area contributed by atoms with E-state index in [0.29, 0.717) is 43.9 Å². The number of hydrogen-bond donors (Lipinski definition) is 1. The Balaban J connectivity index is 1.76. The zero-order valence-electron chi connectivity index (χ0n) is 12.2. The molecule has 0 radical (unpaired) electrons. The SMILES string of the molecule is CC(C)COCCOc1nccc(CNC2CC2)c1F. The summed E-state index contributed by atoms with van der Waals surface area (Å²) in [6.45, 7) is 6.14. The van der Waals surface area contributed by atoms with Crippen molar-refractivity contribution in [2.45, 2.75) is 39.3 Å². The van der Waals surface area contributed by atoms with Crippen molar-refractivity contribution in [1.82, 2.24) is 10.3 Å². The minimum absolute atomic E-state index is 0.0632. The molecule has 1 fully saturated rings. The Labute approximate surface area is 119 Å². The fourth-order valence-corrected chi connectivity index (χ4v) is 1.76. The monoisotopic (exact) mass is 282 g/mol. The van der Waals surface area contributed by atoms with Gasteiger partial charge in [0, 0.05) is 31.0 Å². The van der Waals surface area contributed by atoms with Gasteiger partial charge in [-0.05, 0) is 24.8 Å². The van der Waals surface area contributed by atoms with Crippen molar-refractivity contribution in [3.8, 4) is 5.88 Å². The predicted octanol–water partition coefficient (Wildman–Crippen LogP) is 2.52. The summed E-state index contributed by atoms with van der Waals surface area (Å²) in [5.74, 6) is 0.180. The van der Waals surface area contributed by atoms with E-state index < -0.39 is 0 Å². The van der Waals surface area contributed by atoms with Crippen LogP contribution in [-0.4, -0.2) is 30.8 Å². The first-order valence-electron chi connectivity index (χ1n) is 7.24. The lowest BCUT2D eigenvalue weighted by atomic mass is 10.2. The summed E-state index contributed by atoms with van der Waals surface area (Å²) in [4.78, 5) is 3.93. The van der Waals surface area contributed by atoms with Crippen LogP contribution in [0.3, 0.4) is 0 Å². The zero-order chi connectivity index (χ0) is 14.4. The second-order valence-corrected chi connectivity index (χ2v) is 5.56. The molecule has 1 aliphatic rings. The molecule has 0 aromatic carbocycles. The van der Waals surface area contributed by atoms with Crippen molar-refractivity contribution < 1.29 is 13.9 Å². The topological polar surface area (TPSA) is 43.4 Å². The lowest BCUT2D eigenvalue weighted by Crippen LogP contribution is -2.17. The van der Waals surface area contributed by atoms with E-state index in [4.69, 9.17) is 9.47 Å². The summed E-state index contributed by atoms with van der Waals surface area (Å²) in [6.07, 6.45) is 3.95. The van der Waals surface area contributed by atoms with Gasteiger partial charge in [0.25, 0.3) is 5.88 Å². The second kappa shape index (κ2) is 7.55. The van der Waals surface area contributed by atoms with Crippen LogP contribution in [0.4, 0.5) is 4.39 Å². The van der Waals surface area contributed by atoms with Gasteiger partial charge in [-0.15, -0.1) is 0 Å². The van der Waals surface area contributed by atoms with E-state index >= 15 is 0 Å². The van der Waals surface area contributed by atoms with Crippen LogP contribution in [-0.2, 0) is 11.3 Å². The molecule has 0 spiro atoms. The first-order chi connectivity index (χ1) is 9.66. The van der Waals surface area contributed by atoms with Crippen molar-refractivity contribution in [2.75, 3.05) is 19.8 Å². The van der Waals surface area contributed by atoms with Crippen LogP contribution in [0.2, 0.25) is 0 Å². The van der Waals surface area contributed by atoms with E-state index in [1.807, 2.05) is 0 Å². The third-order valence-electron chi connectivity index (χ3n) is 3.01. The van der Waals surface area contributed by atoms with E-state index in [9.17, 15) is 4.39 Å². The molecule has 1 aromatic rings. The molecule has 0 aliphatic heterocycles. The fraction of sp³-hybridized carbons (Fsp3) is 0.667. The van der Waals surface area contributed by atoms with E-state index in [2.05, 4.69) is 24.1 Å². The third-order valence-corrected chi connectivity index (χ3v) is 3.01. The van der Waals surface area contributed by atoms with Crippen molar-refractivity contribution in [1.29, 1.82) is 0 Å². The van der Waals surface area contributed by atoms with Crippen molar-refractivity contribution >= 4 is 0 Å². The first kappa shape index (κ1) is 15.2. The standard InChI is InChI=1S/C15H23FN2O2/c1-11(2)10-19-7-8-20-15-14(16)12(5-6-17-15)9-18-13-3-4-13/h5-6,11,13,18H,3-4,7-10H2,1-2H3. The molecule has 5 heteroatoms. The summed E-state index contributed by atoms with van der Waals surface area (Å²) >= 11 is 0. The molecule has 2 rings (SSSR count). The van der Waals surface area contributed by atoms with Gasteiger partial charge in [0.2, 0.25) is 0 Å². The van der Waals surface area contributed by atoms with Crippen LogP contribution < -0.4 is 10.1 Å². The highest BCUT2D eigenvalue weighted by Gasteiger charge is 2.21. The number of nitrogens with zero attached hydrogens (tertiary/aromatic N) is 1. The van der Waals surface area contributed by atoms with Crippen molar-refractivity contribution in [3.05, 3.63) is 23.6 Å². The van der Waals surface area contributed by atoms with Crippen molar-refractivity contribution in [2.24, 2.45) is 5.92 Å². The summed E-state index contributed by atoms with van der Waals surface area (Å²) in [6, 6.07) is 2.24. The molecule has 0 atom stereocenters. The Kier molecular flexibility index (Phi) is 5.73. The van der Waals surface area contributed by atoms with Gasteiger partial charge >= 0.3 is 0 Å². The number of pyridine rings is 1. The van der Waals surface area contributed by atoms with E-state index in [0.717, 1.165) is 0 Å². The Hall–Kier alpha value is -1.20. The molecule has 1 aromatic heterocycles. The quantitative estimate of drug-likeness (QED) is 0.707. The Morgan fingerprint density at radius 2 is 2.20 bits per heavy atom. The Morgan fingerprint density at radius 1 is 1.40 bits per heavy atom. The van der Waals surface area contributed by atoms with Gasteiger partial charge in [-0.1, -0.05) is 13.8 Å². The van der Waals surface area contributed by atoms with Crippen LogP contribution in [0, 0.1) is 11.7 Å². The smallest absolute Gasteiger partial charge is 0.250 e. The van der Waals surface area contributed by atoms with Gasteiger partial charge in [0.15, 0.2) is 5.82 Å². The minimum atomic E-state index is -0.371. The molecular weight excluding hydrogens is 259 g/mol. The largest absolute Gasteiger partial charge is 0.473 e. The Bertz CT molecular complexity index is 422. The highest BCUT2D eigenvalue weighted by molar-refractivity contribution is 5.23. The number of aromatic nitrogens is 1. The average Bonchev–Trinajstić information content (AvgIpc) is 3.22. The fourth-order valence-electron chi connectivity index (χ4n) is 1.76. The number of halogens is 1. The molecule has 4 nitrogen and oxygen atoms in total. The molecular formula is C15H23FN2O2. The normalized spacial score (nSPS) is 14.8. The van der Waals surface area contributed by atoms with E-state index in [-0.39, 0.29) is 11.7 Å². The number of ether oxygens (including phenoxy) is 2. The van der Waals surface area contributed by atoms with Gasteiger partial charge in [-0.2, -0.15) is 0 Å². The summed E-state index contributed by atoms with van der Waals surface area (Å²) in [7, 11) is 0. The van der Waals surface area contributed by atoms with Gasteiger partial charge in [0.1, 0.15) is 6.61 Å². The second-order valence-electron chi connectivity index (χ2n) is 5.56. The van der Waals surface area contributed by atoms with Crippen LogP contribution in [0.25, 0.3) is 0 Å². The molecule has 1 saturated carbocycles. The molecule has 112 valence electrons. The maximum Gasteiger partial charge on any atom is 0.250 e. The molecule has 20 heavy (non-hydrogen) atoms. The van der Waals surface area contributed by atoms with Crippen molar-refractivity contribution in [3.63, 3.8) is 0 Å². The molecule has 1 heterocycles. The van der Waals surface area contributed by atoms with E-state index in [1.54, 1.807) is 12.3 Å². The molecule has 1 N–H and O–H groups in total. The molecule has 0 amide bonds. The summed E-state index contributed by atoms with van der Waals surface area (Å²) in [5, 5.41) is 3.28. The maximum absolute atomic E-state index is 14.1. The van der Waals surface area contributed by atoms with Gasteiger partial charge in [-0.3, -0.25) is 0 Å². The minimum Gasteiger partial charge on any atom is -0.473 e. The molecule has 0 unspecified atom stereocenters. The predicted molar refractivity (Wildman–Crippen MR) is 75.2 cm³/mol. The maximum atomic E-state index is 14.1. The molecule has 0 saturated heterocycles. The van der Waals surface area contributed by atoms with Gasteiger partial charge < -0.3 is 14.8 Å². The lowest BCUT2D eigenvalue weighted by molar-refractivity contribution is 0.0793.